The van der Waals surface area contributed by atoms with Gasteiger partial charge in [0.2, 0.25) is 0 Å². The maximum Gasteiger partial charge on any atom is 0.0619 e. The molecule has 0 saturated heterocycles. The molecule has 0 aliphatic heterocycles. The summed E-state index contributed by atoms with van der Waals surface area (Å²) in [6.07, 6.45) is 3.52. The van der Waals surface area contributed by atoms with Gasteiger partial charge >= 0.3 is 0 Å². The zero-order chi connectivity index (χ0) is 8.48. The first-order valence-electron chi connectivity index (χ1n) is 4.40. The number of hydrogen-bond donors (Lipinski definition) is 2. The summed E-state index contributed by atoms with van der Waals surface area (Å²) in [7, 11) is 0. The van der Waals surface area contributed by atoms with Crippen molar-refractivity contribution in [2.75, 3.05) is 0 Å². The van der Waals surface area contributed by atoms with Crippen LogP contribution in [-0.4, -0.2) is 21.9 Å². The Hall–Kier alpha value is -0.0800. The lowest BCUT2D eigenvalue weighted by Crippen LogP contribution is -2.34. The van der Waals surface area contributed by atoms with Gasteiger partial charge in [-0.25, -0.2) is 0 Å². The van der Waals surface area contributed by atoms with Crippen LogP contribution >= 0.6 is 0 Å². The van der Waals surface area contributed by atoms with E-state index in [1.807, 2.05) is 13.8 Å². The molecule has 1 fully saturated rings. The van der Waals surface area contributed by atoms with Crippen molar-refractivity contribution in [1.82, 2.24) is 0 Å². The molecule has 2 heteroatoms. The molecule has 0 aromatic carbocycles. The van der Waals surface area contributed by atoms with E-state index in [0.29, 0.717) is 5.92 Å². The average Bonchev–Trinajstić information content (AvgIpc) is 1.86. The van der Waals surface area contributed by atoms with Gasteiger partial charge in [-0.1, -0.05) is 0 Å². The molecule has 11 heavy (non-hydrogen) atoms. The number of rotatable bonds is 1. The quantitative estimate of drug-likeness (QED) is 0.604. The van der Waals surface area contributed by atoms with Crippen LogP contribution in [0.15, 0.2) is 0 Å². The van der Waals surface area contributed by atoms with Crippen LogP contribution in [0.1, 0.15) is 39.5 Å². The van der Waals surface area contributed by atoms with Crippen molar-refractivity contribution in [2.24, 2.45) is 5.92 Å². The summed E-state index contributed by atoms with van der Waals surface area (Å²) in [5, 5.41) is 18.9. The van der Waals surface area contributed by atoms with Crippen molar-refractivity contribution in [1.29, 1.82) is 0 Å². The molecule has 0 spiro atoms. The molecule has 0 bridgehead atoms. The maximum atomic E-state index is 9.65. The van der Waals surface area contributed by atoms with Gasteiger partial charge in [0.25, 0.3) is 0 Å². The molecule has 1 aliphatic carbocycles. The minimum Gasteiger partial charge on any atom is -0.393 e. The first kappa shape index (κ1) is 9.01. The van der Waals surface area contributed by atoms with Gasteiger partial charge in [0.1, 0.15) is 0 Å². The van der Waals surface area contributed by atoms with Gasteiger partial charge in [-0.2, -0.15) is 0 Å². The summed E-state index contributed by atoms with van der Waals surface area (Å²) in [5.74, 6) is 0.380. The van der Waals surface area contributed by atoms with Crippen LogP contribution in [0.2, 0.25) is 0 Å². The molecule has 0 amide bonds. The molecular formula is C9H18O2. The van der Waals surface area contributed by atoms with E-state index in [4.69, 9.17) is 0 Å². The highest BCUT2D eigenvalue weighted by molar-refractivity contribution is 4.82. The Morgan fingerprint density at radius 2 is 1.55 bits per heavy atom. The Morgan fingerprint density at radius 1 is 1.09 bits per heavy atom. The average molecular weight is 158 g/mol. The third-order valence-corrected chi connectivity index (χ3v) is 2.70. The lowest BCUT2D eigenvalue weighted by atomic mass is 9.78. The van der Waals surface area contributed by atoms with E-state index in [9.17, 15) is 10.2 Å². The van der Waals surface area contributed by atoms with Crippen molar-refractivity contribution in [3.63, 3.8) is 0 Å². The van der Waals surface area contributed by atoms with Crippen molar-refractivity contribution in [3.8, 4) is 0 Å². The summed E-state index contributed by atoms with van der Waals surface area (Å²) in [6.45, 7) is 3.71. The standard InChI is InChI=1S/C9H18O2/c1-9(2,11)7-3-5-8(10)6-4-7/h7-8,10-11H,3-6H2,1-2H3. The van der Waals surface area contributed by atoms with Crippen LogP contribution in [0, 0.1) is 5.92 Å². The molecule has 0 unspecified atom stereocenters. The van der Waals surface area contributed by atoms with E-state index in [2.05, 4.69) is 0 Å². The van der Waals surface area contributed by atoms with E-state index >= 15 is 0 Å². The molecular weight excluding hydrogens is 140 g/mol. The van der Waals surface area contributed by atoms with Crippen LogP contribution in [0.5, 0.6) is 0 Å². The lowest BCUT2D eigenvalue weighted by molar-refractivity contribution is -0.0188. The van der Waals surface area contributed by atoms with Crippen LogP contribution in [0.3, 0.4) is 0 Å². The highest BCUT2D eigenvalue weighted by atomic mass is 16.3. The minimum atomic E-state index is -0.555. The van der Waals surface area contributed by atoms with Crippen LogP contribution in [0.4, 0.5) is 0 Å². The summed E-state index contributed by atoms with van der Waals surface area (Å²) in [5.41, 5.74) is -0.555. The Kier molecular flexibility index (Phi) is 2.55. The van der Waals surface area contributed by atoms with Crippen molar-refractivity contribution < 1.29 is 10.2 Å². The smallest absolute Gasteiger partial charge is 0.0619 e. The minimum absolute atomic E-state index is 0.117. The molecule has 1 saturated carbocycles. The third-order valence-electron chi connectivity index (χ3n) is 2.70. The Bertz CT molecular complexity index is 118. The van der Waals surface area contributed by atoms with Crippen LogP contribution in [0.25, 0.3) is 0 Å². The Balaban J connectivity index is 2.39. The lowest BCUT2D eigenvalue weighted by Gasteiger charge is -2.34. The van der Waals surface area contributed by atoms with Crippen molar-refractivity contribution in [3.05, 3.63) is 0 Å². The zero-order valence-electron chi connectivity index (χ0n) is 7.38. The van der Waals surface area contributed by atoms with Crippen molar-refractivity contribution >= 4 is 0 Å². The molecule has 0 radical (unpaired) electrons. The second-order valence-electron chi connectivity index (χ2n) is 4.16. The Labute approximate surface area is 68.2 Å². The molecule has 2 N–H and O–H groups in total. The molecule has 2 nitrogen and oxygen atoms in total. The highest BCUT2D eigenvalue weighted by Crippen LogP contribution is 2.32. The topological polar surface area (TPSA) is 40.5 Å². The fourth-order valence-corrected chi connectivity index (χ4v) is 1.78. The van der Waals surface area contributed by atoms with Gasteiger partial charge in [-0.05, 0) is 45.4 Å². The van der Waals surface area contributed by atoms with E-state index in [1.165, 1.54) is 0 Å². The van der Waals surface area contributed by atoms with Crippen molar-refractivity contribution in [2.45, 2.75) is 51.2 Å². The molecule has 1 aliphatic rings. The number of aliphatic hydroxyl groups excluding tert-OH is 1. The van der Waals surface area contributed by atoms with E-state index in [1.54, 1.807) is 0 Å². The van der Waals surface area contributed by atoms with Gasteiger partial charge in [0, 0.05) is 0 Å². The maximum absolute atomic E-state index is 9.65. The van der Waals surface area contributed by atoms with Crippen LogP contribution in [-0.2, 0) is 0 Å². The third kappa shape index (κ3) is 2.46. The molecule has 66 valence electrons. The number of hydrogen-bond acceptors (Lipinski definition) is 2. The monoisotopic (exact) mass is 158 g/mol. The Morgan fingerprint density at radius 3 is 1.91 bits per heavy atom. The molecule has 0 aromatic rings. The van der Waals surface area contributed by atoms with E-state index in [-0.39, 0.29) is 6.10 Å². The fourth-order valence-electron chi connectivity index (χ4n) is 1.78. The second-order valence-corrected chi connectivity index (χ2v) is 4.16. The molecule has 0 heterocycles. The van der Waals surface area contributed by atoms with E-state index < -0.39 is 5.60 Å². The molecule has 1 rings (SSSR count). The largest absolute Gasteiger partial charge is 0.393 e. The number of aliphatic hydroxyl groups is 2. The van der Waals surface area contributed by atoms with Crippen LogP contribution < -0.4 is 0 Å². The normalized spacial score (nSPS) is 33.8. The molecule has 0 aromatic heterocycles. The second kappa shape index (κ2) is 3.11. The highest BCUT2D eigenvalue weighted by Gasteiger charge is 2.30. The van der Waals surface area contributed by atoms with Gasteiger partial charge < -0.3 is 10.2 Å². The summed E-state index contributed by atoms with van der Waals surface area (Å²) in [6, 6.07) is 0. The predicted molar refractivity (Wildman–Crippen MR) is 44.3 cm³/mol. The van der Waals surface area contributed by atoms with Gasteiger partial charge in [-0.15, -0.1) is 0 Å². The summed E-state index contributed by atoms with van der Waals surface area (Å²) in [4.78, 5) is 0. The van der Waals surface area contributed by atoms with Gasteiger partial charge in [-0.3, -0.25) is 0 Å². The SMILES string of the molecule is CC(C)(O)C1CCC(O)CC1. The summed E-state index contributed by atoms with van der Waals surface area (Å²) < 4.78 is 0. The van der Waals surface area contributed by atoms with Gasteiger partial charge in [0.15, 0.2) is 0 Å². The van der Waals surface area contributed by atoms with E-state index in [0.717, 1.165) is 25.7 Å². The predicted octanol–water partition coefficient (Wildman–Crippen LogP) is 1.31. The first-order valence-corrected chi connectivity index (χ1v) is 4.40. The fraction of sp³-hybridized carbons (Fsp3) is 1.00. The first-order chi connectivity index (χ1) is 5.00. The van der Waals surface area contributed by atoms with Gasteiger partial charge in [0.05, 0.1) is 11.7 Å². The zero-order valence-corrected chi connectivity index (χ0v) is 7.38. The summed E-state index contributed by atoms with van der Waals surface area (Å²) >= 11 is 0. The molecule has 0 atom stereocenters.